The van der Waals surface area contributed by atoms with E-state index in [9.17, 15) is 9.59 Å². The lowest BCUT2D eigenvalue weighted by Crippen LogP contribution is -2.13. The fraction of sp³-hybridized carbons (Fsp3) is 0.176. The van der Waals surface area contributed by atoms with Gasteiger partial charge in [0.2, 0.25) is 23.5 Å². The minimum Gasteiger partial charge on any atom is -0.461 e. The number of hydrogen-bond acceptors (Lipinski definition) is 6. The van der Waals surface area contributed by atoms with Gasteiger partial charge in [0.05, 0.1) is 17.0 Å². The number of aryl methyl sites for hydroxylation is 1. The average molecular weight is 375 g/mol. The van der Waals surface area contributed by atoms with Crippen LogP contribution in [-0.4, -0.2) is 22.0 Å². The van der Waals surface area contributed by atoms with Crippen LogP contribution in [0.4, 0.5) is 11.4 Å². The second-order valence-corrected chi connectivity index (χ2v) is 5.82. The Kier molecular flexibility index (Phi) is 5.33. The van der Waals surface area contributed by atoms with Crippen LogP contribution in [0.1, 0.15) is 19.2 Å². The molecular formula is C17H15ClN4O4. The van der Waals surface area contributed by atoms with Crippen LogP contribution in [-0.2, 0) is 16.0 Å². The van der Waals surface area contributed by atoms with E-state index in [1.807, 2.05) is 0 Å². The smallest absolute Gasteiger partial charge is 0.238 e. The summed E-state index contributed by atoms with van der Waals surface area (Å²) in [6, 6.07) is 8.27. The van der Waals surface area contributed by atoms with E-state index < -0.39 is 0 Å². The Balaban J connectivity index is 1.57. The molecule has 0 fully saturated rings. The molecule has 0 radical (unpaired) electrons. The number of hydrogen-bond donors (Lipinski definition) is 2. The predicted octanol–water partition coefficient (Wildman–Crippen LogP) is 3.51. The molecule has 0 saturated carbocycles. The van der Waals surface area contributed by atoms with Crippen LogP contribution in [0.5, 0.6) is 0 Å². The molecule has 0 aliphatic heterocycles. The number of furan rings is 1. The molecule has 0 saturated heterocycles. The molecule has 2 aromatic heterocycles. The van der Waals surface area contributed by atoms with Gasteiger partial charge in [-0.3, -0.25) is 9.59 Å². The molecule has 0 aliphatic carbocycles. The number of nitrogens with one attached hydrogen (secondary N) is 2. The van der Waals surface area contributed by atoms with Crippen molar-refractivity contribution in [1.82, 2.24) is 10.1 Å². The van der Waals surface area contributed by atoms with Crippen LogP contribution in [0.15, 0.2) is 45.5 Å². The van der Waals surface area contributed by atoms with Crippen molar-refractivity contribution in [2.24, 2.45) is 0 Å². The fourth-order valence-electron chi connectivity index (χ4n) is 2.19. The summed E-state index contributed by atoms with van der Waals surface area (Å²) in [7, 11) is 0. The molecule has 3 rings (SSSR count). The van der Waals surface area contributed by atoms with Crippen molar-refractivity contribution < 1.29 is 18.5 Å². The summed E-state index contributed by atoms with van der Waals surface area (Å²) in [5.41, 5.74) is 0.946. The monoisotopic (exact) mass is 374 g/mol. The van der Waals surface area contributed by atoms with E-state index in [-0.39, 0.29) is 24.7 Å². The highest BCUT2D eigenvalue weighted by molar-refractivity contribution is 6.33. The zero-order valence-corrected chi connectivity index (χ0v) is 14.5. The first-order valence-electron chi connectivity index (χ1n) is 7.75. The van der Waals surface area contributed by atoms with E-state index in [4.69, 9.17) is 20.5 Å². The van der Waals surface area contributed by atoms with Crippen molar-refractivity contribution in [2.75, 3.05) is 10.6 Å². The van der Waals surface area contributed by atoms with E-state index in [2.05, 4.69) is 20.8 Å². The standard InChI is InChI=1S/C17H15ClN4O4/c1-10(23)19-13-9-11(4-5-12(13)18)20-15(24)6-7-16-21-17(22-26-16)14-3-2-8-25-14/h2-5,8-9H,6-7H2,1H3,(H,19,23)(H,20,24). The Morgan fingerprint density at radius 2 is 2.08 bits per heavy atom. The van der Waals surface area contributed by atoms with Gasteiger partial charge in [-0.05, 0) is 30.3 Å². The van der Waals surface area contributed by atoms with Crippen LogP contribution in [0, 0.1) is 0 Å². The van der Waals surface area contributed by atoms with Crippen LogP contribution in [0.3, 0.4) is 0 Å². The Labute approximate surface area is 153 Å². The molecule has 8 nitrogen and oxygen atoms in total. The van der Waals surface area contributed by atoms with Gasteiger partial charge >= 0.3 is 0 Å². The zero-order valence-electron chi connectivity index (χ0n) is 13.8. The van der Waals surface area contributed by atoms with Gasteiger partial charge in [-0.1, -0.05) is 16.8 Å². The number of carbonyl (C=O) groups excluding carboxylic acids is 2. The van der Waals surface area contributed by atoms with Crippen LogP contribution in [0.25, 0.3) is 11.6 Å². The molecule has 2 heterocycles. The Bertz CT molecular complexity index is 921. The number of amides is 2. The van der Waals surface area contributed by atoms with Crippen molar-refractivity contribution >= 4 is 34.8 Å². The van der Waals surface area contributed by atoms with Crippen LogP contribution < -0.4 is 10.6 Å². The number of aromatic nitrogens is 2. The predicted molar refractivity (Wildman–Crippen MR) is 94.7 cm³/mol. The van der Waals surface area contributed by atoms with Crippen molar-refractivity contribution in [1.29, 1.82) is 0 Å². The van der Waals surface area contributed by atoms with E-state index in [0.717, 1.165) is 0 Å². The summed E-state index contributed by atoms with van der Waals surface area (Å²) >= 11 is 6.00. The summed E-state index contributed by atoms with van der Waals surface area (Å²) in [6.45, 7) is 1.38. The molecule has 3 aromatic rings. The minimum atomic E-state index is -0.251. The highest BCUT2D eigenvalue weighted by Gasteiger charge is 2.13. The Hall–Kier alpha value is -3.13. The molecule has 9 heteroatoms. The molecule has 0 spiro atoms. The van der Waals surface area contributed by atoms with E-state index in [1.54, 1.807) is 30.3 Å². The topological polar surface area (TPSA) is 110 Å². The largest absolute Gasteiger partial charge is 0.461 e. The van der Waals surface area contributed by atoms with Gasteiger partial charge in [0.25, 0.3) is 0 Å². The summed E-state index contributed by atoms with van der Waals surface area (Å²) in [5, 5.41) is 9.51. The number of anilines is 2. The molecule has 1 aromatic carbocycles. The van der Waals surface area contributed by atoms with Crippen molar-refractivity contribution in [3.05, 3.63) is 47.5 Å². The maximum absolute atomic E-state index is 12.1. The van der Waals surface area contributed by atoms with Gasteiger partial charge in [-0.15, -0.1) is 0 Å². The third-order valence-corrected chi connectivity index (χ3v) is 3.67. The van der Waals surface area contributed by atoms with Crippen LogP contribution >= 0.6 is 11.6 Å². The number of halogens is 1. The lowest BCUT2D eigenvalue weighted by Gasteiger charge is -2.09. The first kappa shape index (κ1) is 17.7. The minimum absolute atomic E-state index is 0.151. The number of rotatable bonds is 6. The van der Waals surface area contributed by atoms with E-state index >= 15 is 0 Å². The quantitative estimate of drug-likeness (QED) is 0.683. The molecule has 2 amide bonds. The highest BCUT2D eigenvalue weighted by atomic mass is 35.5. The van der Waals surface area contributed by atoms with Crippen molar-refractivity contribution in [3.8, 4) is 11.6 Å². The number of carbonyl (C=O) groups is 2. The number of benzene rings is 1. The van der Waals surface area contributed by atoms with Crippen molar-refractivity contribution in [2.45, 2.75) is 19.8 Å². The van der Waals surface area contributed by atoms with Gasteiger partial charge in [-0.25, -0.2) is 0 Å². The maximum atomic E-state index is 12.1. The normalized spacial score (nSPS) is 10.5. The SMILES string of the molecule is CC(=O)Nc1cc(NC(=O)CCc2nc(-c3ccco3)no2)ccc1Cl. The summed E-state index contributed by atoms with van der Waals surface area (Å²) in [4.78, 5) is 27.4. The maximum Gasteiger partial charge on any atom is 0.238 e. The summed E-state index contributed by atoms with van der Waals surface area (Å²) < 4.78 is 10.3. The van der Waals surface area contributed by atoms with Gasteiger partial charge in [0.1, 0.15) is 0 Å². The Morgan fingerprint density at radius 3 is 2.81 bits per heavy atom. The van der Waals surface area contributed by atoms with Gasteiger partial charge < -0.3 is 19.6 Å². The van der Waals surface area contributed by atoms with E-state index in [0.29, 0.717) is 33.9 Å². The lowest BCUT2D eigenvalue weighted by atomic mass is 10.2. The molecule has 2 N–H and O–H groups in total. The molecule has 0 aliphatic rings. The molecule has 0 bridgehead atoms. The zero-order chi connectivity index (χ0) is 18.5. The fourth-order valence-corrected chi connectivity index (χ4v) is 2.36. The molecule has 134 valence electrons. The summed E-state index contributed by atoms with van der Waals surface area (Å²) in [6.07, 6.45) is 1.95. The second-order valence-electron chi connectivity index (χ2n) is 5.41. The van der Waals surface area contributed by atoms with Crippen molar-refractivity contribution in [3.63, 3.8) is 0 Å². The van der Waals surface area contributed by atoms with E-state index in [1.165, 1.54) is 13.2 Å². The van der Waals surface area contributed by atoms with Crippen LogP contribution in [0.2, 0.25) is 5.02 Å². The first-order chi connectivity index (χ1) is 12.5. The summed E-state index contributed by atoms with van der Waals surface area (Å²) in [5.74, 6) is 0.679. The number of nitrogens with zero attached hydrogens (tertiary/aromatic N) is 2. The second kappa shape index (κ2) is 7.83. The average Bonchev–Trinajstić information content (AvgIpc) is 3.26. The van der Waals surface area contributed by atoms with Gasteiger partial charge in [0.15, 0.2) is 5.76 Å². The molecule has 0 atom stereocenters. The third-order valence-electron chi connectivity index (χ3n) is 3.34. The lowest BCUT2D eigenvalue weighted by molar-refractivity contribution is -0.116. The third kappa shape index (κ3) is 4.48. The van der Waals surface area contributed by atoms with Gasteiger partial charge in [-0.2, -0.15) is 4.98 Å². The first-order valence-corrected chi connectivity index (χ1v) is 8.12. The van der Waals surface area contributed by atoms with Gasteiger partial charge in [0, 0.05) is 25.5 Å². The molecule has 26 heavy (non-hydrogen) atoms. The Morgan fingerprint density at radius 1 is 1.23 bits per heavy atom. The highest BCUT2D eigenvalue weighted by Crippen LogP contribution is 2.25. The molecular weight excluding hydrogens is 360 g/mol. The molecule has 0 unspecified atom stereocenters.